The first kappa shape index (κ1) is 26.6. The summed E-state index contributed by atoms with van der Waals surface area (Å²) in [7, 11) is -2.00. The number of carbonyl (C=O) groups excluding carboxylic acids is 1. The number of rotatable bonds is 11. The van der Waals surface area contributed by atoms with Crippen molar-refractivity contribution in [3.05, 3.63) is 66.7 Å². The molecule has 0 aliphatic carbocycles. The monoisotopic (exact) mass is 520 g/mol. The highest BCUT2D eigenvalue weighted by molar-refractivity contribution is 6.74. The van der Waals surface area contributed by atoms with Gasteiger partial charge in [0.25, 0.3) is 5.91 Å². The number of ether oxygens (including phenoxy) is 1. The van der Waals surface area contributed by atoms with Crippen molar-refractivity contribution < 1.29 is 18.4 Å². The van der Waals surface area contributed by atoms with E-state index in [0.29, 0.717) is 19.0 Å². The van der Waals surface area contributed by atoms with Crippen LogP contribution in [-0.4, -0.2) is 41.5 Å². The first-order chi connectivity index (χ1) is 17.5. The molecular weight excluding hydrogens is 484 g/mol. The average Bonchev–Trinajstić information content (AvgIpc) is 3.48. The van der Waals surface area contributed by atoms with Gasteiger partial charge < -0.3 is 23.9 Å². The first-order valence-corrected chi connectivity index (χ1v) is 15.5. The number of hydrogen-bond donors (Lipinski definition) is 1. The van der Waals surface area contributed by atoms with Crippen molar-refractivity contribution in [2.24, 2.45) is 5.73 Å². The molecule has 37 heavy (non-hydrogen) atoms. The van der Waals surface area contributed by atoms with E-state index in [2.05, 4.69) is 43.8 Å². The number of oxazole rings is 1. The summed E-state index contributed by atoms with van der Waals surface area (Å²) in [6.07, 6.45) is 4.89. The standard InChI is InChI=1S/C28H36N4O4Si/c1-28(2,3)37(4,5)36-22(17-32-18-24(26(29)33)30-19-32)12-9-15-34-21-11-8-10-20(16-21)27-31-23-13-6-7-14-25(23)35-27/h6-8,10-11,13-14,16,18-19,22H,9,12,15,17H2,1-5H3,(H2,29,33)/t22-/m0/s1. The Kier molecular flexibility index (Phi) is 7.84. The average molecular weight is 521 g/mol. The van der Waals surface area contributed by atoms with Crippen LogP contribution < -0.4 is 10.5 Å². The highest BCUT2D eigenvalue weighted by atomic mass is 28.4. The number of primary amides is 1. The van der Waals surface area contributed by atoms with Crippen molar-refractivity contribution in [1.29, 1.82) is 0 Å². The highest BCUT2D eigenvalue weighted by Crippen LogP contribution is 2.38. The van der Waals surface area contributed by atoms with Gasteiger partial charge in [0.2, 0.25) is 5.89 Å². The lowest BCUT2D eigenvalue weighted by atomic mass is 10.2. The van der Waals surface area contributed by atoms with E-state index in [1.54, 1.807) is 12.5 Å². The summed E-state index contributed by atoms with van der Waals surface area (Å²) in [5, 5.41) is 0.0835. The third-order valence-electron chi connectivity index (χ3n) is 6.88. The van der Waals surface area contributed by atoms with E-state index in [1.807, 2.05) is 53.1 Å². The van der Waals surface area contributed by atoms with E-state index >= 15 is 0 Å². The largest absolute Gasteiger partial charge is 0.494 e. The van der Waals surface area contributed by atoms with E-state index in [-0.39, 0.29) is 16.8 Å². The van der Waals surface area contributed by atoms with Gasteiger partial charge in [0.1, 0.15) is 17.0 Å². The number of amides is 1. The Bertz CT molecular complexity index is 1320. The lowest BCUT2D eigenvalue weighted by Crippen LogP contribution is -2.45. The van der Waals surface area contributed by atoms with Gasteiger partial charge in [0, 0.05) is 18.3 Å². The van der Waals surface area contributed by atoms with Gasteiger partial charge in [-0.15, -0.1) is 0 Å². The van der Waals surface area contributed by atoms with Crippen LogP contribution in [-0.2, 0) is 11.0 Å². The molecule has 9 heteroatoms. The zero-order valence-electron chi connectivity index (χ0n) is 22.2. The number of hydrogen-bond acceptors (Lipinski definition) is 6. The summed E-state index contributed by atoms with van der Waals surface area (Å²) in [6, 6.07) is 15.5. The summed E-state index contributed by atoms with van der Waals surface area (Å²) in [5.41, 5.74) is 8.10. The van der Waals surface area contributed by atoms with Gasteiger partial charge in [-0.1, -0.05) is 39.0 Å². The lowest BCUT2D eigenvalue weighted by molar-refractivity contribution is 0.0995. The Morgan fingerprint density at radius 1 is 1.16 bits per heavy atom. The quantitative estimate of drug-likeness (QED) is 0.191. The molecule has 2 heterocycles. The zero-order valence-corrected chi connectivity index (χ0v) is 23.2. The summed E-state index contributed by atoms with van der Waals surface area (Å²) in [6.45, 7) is 12.3. The van der Waals surface area contributed by atoms with Crippen LogP contribution in [0.3, 0.4) is 0 Å². The molecule has 8 nitrogen and oxygen atoms in total. The number of nitrogens with two attached hydrogens (primary N) is 1. The van der Waals surface area contributed by atoms with Crippen LogP contribution in [0.2, 0.25) is 18.1 Å². The number of nitrogens with zero attached hydrogens (tertiary/aromatic N) is 3. The maximum Gasteiger partial charge on any atom is 0.268 e. The predicted octanol–water partition coefficient (Wildman–Crippen LogP) is 6.04. The van der Waals surface area contributed by atoms with Crippen LogP contribution >= 0.6 is 0 Å². The second-order valence-electron chi connectivity index (χ2n) is 10.8. The lowest BCUT2D eigenvalue weighted by Gasteiger charge is -2.39. The van der Waals surface area contributed by atoms with Crippen LogP contribution in [0.15, 0.2) is 65.5 Å². The number of carbonyl (C=O) groups is 1. The molecule has 0 saturated heterocycles. The van der Waals surface area contributed by atoms with Crippen molar-refractivity contribution in [2.45, 2.75) is 64.4 Å². The number of benzene rings is 2. The summed E-state index contributed by atoms with van der Waals surface area (Å²) in [5.74, 6) is 0.807. The molecule has 196 valence electrons. The zero-order chi connectivity index (χ0) is 26.6. The van der Waals surface area contributed by atoms with Gasteiger partial charge in [0.15, 0.2) is 13.9 Å². The minimum absolute atomic E-state index is 0.0366. The Morgan fingerprint density at radius 3 is 2.65 bits per heavy atom. The van der Waals surface area contributed by atoms with Crippen LogP contribution in [0, 0.1) is 0 Å². The normalized spacial score (nSPS) is 13.1. The molecule has 0 aliphatic rings. The number of para-hydroxylation sites is 2. The van der Waals surface area contributed by atoms with E-state index in [0.717, 1.165) is 35.3 Å². The van der Waals surface area contributed by atoms with Crippen molar-refractivity contribution >= 4 is 25.3 Å². The molecule has 0 bridgehead atoms. The molecule has 0 saturated carbocycles. The van der Waals surface area contributed by atoms with Crippen molar-refractivity contribution in [3.63, 3.8) is 0 Å². The van der Waals surface area contributed by atoms with Crippen LogP contribution in [0.4, 0.5) is 0 Å². The molecule has 2 N–H and O–H groups in total. The molecule has 1 atom stereocenters. The fourth-order valence-corrected chi connectivity index (χ4v) is 5.20. The molecule has 0 unspecified atom stereocenters. The van der Waals surface area contributed by atoms with Crippen molar-refractivity contribution in [2.75, 3.05) is 6.61 Å². The SMILES string of the molecule is CC(C)(C)[Si](C)(C)O[C@@H](CCCOc1cccc(-c2nc3ccccc3o2)c1)Cn1cnc(C(N)=O)c1. The van der Waals surface area contributed by atoms with E-state index < -0.39 is 14.2 Å². The van der Waals surface area contributed by atoms with Gasteiger partial charge in [-0.25, -0.2) is 9.97 Å². The van der Waals surface area contributed by atoms with Gasteiger partial charge in [-0.3, -0.25) is 4.79 Å². The Balaban J connectivity index is 1.38. The molecule has 0 aliphatic heterocycles. The number of imidazole rings is 1. The Hall–Kier alpha value is -3.43. The molecule has 2 aromatic carbocycles. The maximum atomic E-state index is 11.5. The number of fused-ring (bicyclic) bond motifs is 1. The third-order valence-corrected chi connectivity index (χ3v) is 11.4. The van der Waals surface area contributed by atoms with E-state index in [4.69, 9.17) is 19.3 Å². The molecule has 0 fully saturated rings. The smallest absolute Gasteiger partial charge is 0.268 e. The first-order valence-electron chi connectivity index (χ1n) is 12.6. The fourth-order valence-electron chi connectivity index (χ4n) is 3.82. The second kappa shape index (κ2) is 10.9. The molecule has 1 amide bonds. The molecule has 2 aromatic heterocycles. The van der Waals surface area contributed by atoms with Crippen molar-refractivity contribution in [1.82, 2.24) is 14.5 Å². The molecule has 4 rings (SSSR count). The van der Waals surface area contributed by atoms with Gasteiger partial charge in [-0.05, 0) is 61.3 Å². The summed E-state index contributed by atoms with van der Waals surface area (Å²) < 4.78 is 20.6. The molecule has 0 spiro atoms. The number of aromatic nitrogens is 3. The minimum Gasteiger partial charge on any atom is -0.494 e. The summed E-state index contributed by atoms with van der Waals surface area (Å²) in [4.78, 5) is 20.1. The van der Waals surface area contributed by atoms with Gasteiger partial charge in [-0.2, -0.15) is 0 Å². The van der Waals surface area contributed by atoms with E-state index in [9.17, 15) is 4.79 Å². The second-order valence-corrected chi connectivity index (χ2v) is 15.6. The predicted molar refractivity (Wildman–Crippen MR) is 147 cm³/mol. The third kappa shape index (κ3) is 6.67. The minimum atomic E-state index is -2.00. The van der Waals surface area contributed by atoms with Gasteiger partial charge >= 0.3 is 0 Å². The Morgan fingerprint density at radius 2 is 1.95 bits per heavy atom. The molecule has 0 radical (unpaired) electrons. The van der Waals surface area contributed by atoms with Crippen molar-refractivity contribution in [3.8, 4) is 17.2 Å². The van der Waals surface area contributed by atoms with Crippen LogP contribution in [0.5, 0.6) is 5.75 Å². The highest BCUT2D eigenvalue weighted by Gasteiger charge is 2.39. The van der Waals surface area contributed by atoms with Crippen LogP contribution in [0.25, 0.3) is 22.6 Å². The Labute approximate surface area is 218 Å². The fraction of sp³-hybridized carbons (Fsp3) is 0.393. The van der Waals surface area contributed by atoms with Gasteiger partial charge in [0.05, 0.1) is 19.0 Å². The molecule has 4 aromatic rings. The van der Waals surface area contributed by atoms with E-state index in [1.165, 1.54) is 0 Å². The summed E-state index contributed by atoms with van der Waals surface area (Å²) >= 11 is 0. The topological polar surface area (TPSA) is 105 Å². The van der Waals surface area contributed by atoms with Crippen LogP contribution in [0.1, 0.15) is 44.1 Å². The molecular formula is C28H36N4O4Si. The maximum absolute atomic E-state index is 11.5.